The van der Waals surface area contributed by atoms with Crippen molar-refractivity contribution in [2.24, 2.45) is 0 Å². The van der Waals surface area contributed by atoms with E-state index in [9.17, 15) is 4.79 Å². The second kappa shape index (κ2) is 4.61. The molecule has 2 aromatic heterocycles. The molecule has 0 unspecified atom stereocenters. The zero-order chi connectivity index (χ0) is 12.3. The van der Waals surface area contributed by atoms with Crippen LogP contribution in [0.2, 0.25) is 0 Å². The fraction of sp³-hybridized carbons (Fsp3) is 0.0833. The van der Waals surface area contributed by atoms with Crippen LogP contribution in [0.5, 0.6) is 5.75 Å². The lowest BCUT2D eigenvalue weighted by Gasteiger charge is -2.09. The molecule has 0 bridgehead atoms. The van der Waals surface area contributed by atoms with E-state index in [1.54, 1.807) is 12.3 Å². The first kappa shape index (κ1) is 11.1. The van der Waals surface area contributed by atoms with Crippen LogP contribution >= 0.6 is 0 Å². The molecule has 0 saturated carbocycles. The van der Waals surface area contributed by atoms with E-state index < -0.39 is 5.97 Å². The minimum Gasteiger partial charge on any atom is -0.494 e. The molecule has 5 heteroatoms. The van der Waals surface area contributed by atoms with Crippen LogP contribution in [0.25, 0.3) is 11.1 Å². The van der Waals surface area contributed by atoms with E-state index in [1.165, 1.54) is 31.8 Å². The van der Waals surface area contributed by atoms with E-state index in [0.717, 1.165) is 0 Å². The van der Waals surface area contributed by atoms with Gasteiger partial charge < -0.3 is 9.84 Å². The minimum atomic E-state index is -0.999. The molecular weight excluding hydrogens is 220 g/mol. The number of aromatic nitrogens is 2. The number of carboxylic acid groups (broad SMARTS) is 1. The second-order valence-corrected chi connectivity index (χ2v) is 3.30. The van der Waals surface area contributed by atoms with Crippen molar-refractivity contribution >= 4 is 5.97 Å². The van der Waals surface area contributed by atoms with Gasteiger partial charge >= 0.3 is 5.97 Å². The van der Waals surface area contributed by atoms with Gasteiger partial charge in [0.1, 0.15) is 5.75 Å². The van der Waals surface area contributed by atoms with E-state index >= 15 is 0 Å². The predicted octanol–water partition coefficient (Wildman–Crippen LogP) is 1.85. The van der Waals surface area contributed by atoms with Gasteiger partial charge in [0.15, 0.2) is 0 Å². The molecule has 2 rings (SSSR count). The molecule has 17 heavy (non-hydrogen) atoms. The van der Waals surface area contributed by atoms with Crippen molar-refractivity contribution in [2.75, 3.05) is 7.11 Å². The molecular formula is C12H10N2O3. The largest absolute Gasteiger partial charge is 0.494 e. The number of carbonyl (C=O) groups is 1. The van der Waals surface area contributed by atoms with Gasteiger partial charge in [0.25, 0.3) is 0 Å². The van der Waals surface area contributed by atoms with Gasteiger partial charge in [-0.15, -0.1) is 0 Å². The first-order chi connectivity index (χ1) is 8.24. The molecule has 5 nitrogen and oxygen atoms in total. The quantitative estimate of drug-likeness (QED) is 0.871. The van der Waals surface area contributed by atoms with Gasteiger partial charge in [-0.25, -0.2) is 4.79 Å². The van der Waals surface area contributed by atoms with Crippen LogP contribution in [-0.2, 0) is 0 Å². The lowest BCUT2D eigenvalue weighted by atomic mass is 10.0. The molecule has 0 spiro atoms. The van der Waals surface area contributed by atoms with E-state index in [0.29, 0.717) is 16.9 Å². The number of aromatic carboxylic acids is 1. The van der Waals surface area contributed by atoms with E-state index in [4.69, 9.17) is 9.84 Å². The maximum absolute atomic E-state index is 11.1. The molecule has 0 saturated heterocycles. The SMILES string of the molecule is COc1cnccc1-c1cnccc1C(=O)O. The summed E-state index contributed by atoms with van der Waals surface area (Å²) in [6.45, 7) is 0. The molecule has 86 valence electrons. The Morgan fingerprint density at radius 2 is 1.88 bits per heavy atom. The van der Waals surface area contributed by atoms with Gasteiger partial charge in [-0.3, -0.25) is 9.97 Å². The molecule has 0 radical (unpaired) electrons. The zero-order valence-corrected chi connectivity index (χ0v) is 9.12. The van der Waals surface area contributed by atoms with Gasteiger partial charge in [0.05, 0.1) is 18.9 Å². The molecule has 1 N–H and O–H groups in total. The Kier molecular flexibility index (Phi) is 3.00. The zero-order valence-electron chi connectivity index (χ0n) is 9.12. The average Bonchev–Trinajstić information content (AvgIpc) is 2.38. The Labute approximate surface area is 97.7 Å². The summed E-state index contributed by atoms with van der Waals surface area (Å²) in [6, 6.07) is 3.15. The van der Waals surface area contributed by atoms with Gasteiger partial charge in [0.2, 0.25) is 0 Å². The first-order valence-corrected chi connectivity index (χ1v) is 4.89. The first-order valence-electron chi connectivity index (χ1n) is 4.89. The van der Waals surface area contributed by atoms with Crippen LogP contribution < -0.4 is 4.74 Å². The highest BCUT2D eigenvalue weighted by Crippen LogP contribution is 2.30. The Balaban J connectivity index is 2.64. The molecule has 0 aliphatic rings. The summed E-state index contributed by atoms with van der Waals surface area (Å²) in [5.74, 6) is -0.482. The maximum Gasteiger partial charge on any atom is 0.336 e. The molecule has 0 fully saturated rings. The number of rotatable bonds is 3. The van der Waals surface area contributed by atoms with Gasteiger partial charge in [-0.05, 0) is 12.1 Å². The Morgan fingerprint density at radius 3 is 2.59 bits per heavy atom. The number of methoxy groups -OCH3 is 1. The summed E-state index contributed by atoms with van der Waals surface area (Å²) >= 11 is 0. The van der Waals surface area contributed by atoms with E-state index in [2.05, 4.69) is 9.97 Å². The van der Waals surface area contributed by atoms with Crippen LogP contribution in [0.4, 0.5) is 0 Å². The summed E-state index contributed by atoms with van der Waals surface area (Å²) < 4.78 is 5.15. The van der Waals surface area contributed by atoms with Crippen molar-refractivity contribution in [2.45, 2.75) is 0 Å². The van der Waals surface area contributed by atoms with Crippen molar-refractivity contribution in [1.82, 2.24) is 9.97 Å². The van der Waals surface area contributed by atoms with Crippen molar-refractivity contribution in [3.8, 4) is 16.9 Å². The number of carboxylic acids is 1. The third kappa shape index (κ3) is 2.08. The summed E-state index contributed by atoms with van der Waals surface area (Å²) in [7, 11) is 1.51. The fourth-order valence-electron chi connectivity index (χ4n) is 1.56. The number of hydrogen-bond acceptors (Lipinski definition) is 4. The Bertz CT molecular complexity index is 555. The molecule has 0 amide bonds. The van der Waals surface area contributed by atoms with Gasteiger partial charge in [-0.1, -0.05) is 0 Å². The highest BCUT2D eigenvalue weighted by atomic mass is 16.5. The highest BCUT2D eigenvalue weighted by molar-refractivity contribution is 5.96. The molecule has 0 aromatic carbocycles. The molecule has 2 aromatic rings. The molecule has 0 atom stereocenters. The van der Waals surface area contributed by atoms with Crippen molar-refractivity contribution in [1.29, 1.82) is 0 Å². The molecule has 0 aliphatic heterocycles. The molecule has 0 aliphatic carbocycles. The van der Waals surface area contributed by atoms with Crippen molar-refractivity contribution in [3.05, 3.63) is 42.5 Å². The average molecular weight is 230 g/mol. The van der Waals surface area contributed by atoms with E-state index in [1.807, 2.05) is 0 Å². The number of nitrogens with zero attached hydrogens (tertiary/aromatic N) is 2. The Morgan fingerprint density at radius 1 is 1.18 bits per heavy atom. The smallest absolute Gasteiger partial charge is 0.336 e. The van der Waals surface area contributed by atoms with Crippen molar-refractivity contribution < 1.29 is 14.6 Å². The number of hydrogen-bond donors (Lipinski definition) is 1. The number of pyridine rings is 2. The predicted molar refractivity (Wildman–Crippen MR) is 61.0 cm³/mol. The molecule has 2 heterocycles. The lowest BCUT2D eigenvalue weighted by Crippen LogP contribution is -2.01. The fourth-order valence-corrected chi connectivity index (χ4v) is 1.56. The summed E-state index contributed by atoms with van der Waals surface area (Å²) in [6.07, 6.45) is 6.06. The maximum atomic E-state index is 11.1. The van der Waals surface area contributed by atoms with E-state index in [-0.39, 0.29) is 5.56 Å². The second-order valence-electron chi connectivity index (χ2n) is 3.30. The number of ether oxygens (including phenoxy) is 1. The van der Waals surface area contributed by atoms with Crippen LogP contribution in [0, 0.1) is 0 Å². The van der Waals surface area contributed by atoms with Gasteiger partial charge in [0, 0.05) is 29.7 Å². The monoisotopic (exact) mass is 230 g/mol. The van der Waals surface area contributed by atoms with Crippen LogP contribution in [0.1, 0.15) is 10.4 Å². The third-order valence-electron chi connectivity index (χ3n) is 2.35. The summed E-state index contributed by atoms with van der Waals surface area (Å²) in [4.78, 5) is 19.0. The summed E-state index contributed by atoms with van der Waals surface area (Å²) in [5, 5.41) is 9.11. The van der Waals surface area contributed by atoms with Crippen LogP contribution in [-0.4, -0.2) is 28.2 Å². The standard InChI is InChI=1S/C12H10N2O3/c1-17-11-7-14-4-2-8(11)10-6-13-5-3-9(10)12(15)16/h2-7H,1H3,(H,15,16). The topological polar surface area (TPSA) is 72.3 Å². The van der Waals surface area contributed by atoms with Crippen molar-refractivity contribution in [3.63, 3.8) is 0 Å². The highest BCUT2D eigenvalue weighted by Gasteiger charge is 2.14. The third-order valence-corrected chi connectivity index (χ3v) is 2.35. The Hall–Kier alpha value is -2.43. The summed E-state index contributed by atoms with van der Waals surface area (Å²) in [5.41, 5.74) is 1.36. The lowest BCUT2D eigenvalue weighted by molar-refractivity contribution is 0.0697. The van der Waals surface area contributed by atoms with Crippen LogP contribution in [0.3, 0.4) is 0 Å². The minimum absolute atomic E-state index is 0.185. The van der Waals surface area contributed by atoms with Crippen LogP contribution in [0.15, 0.2) is 36.9 Å². The normalized spacial score (nSPS) is 9.94. The van der Waals surface area contributed by atoms with Gasteiger partial charge in [-0.2, -0.15) is 0 Å².